The summed E-state index contributed by atoms with van der Waals surface area (Å²) in [5.41, 5.74) is 3.66. The molecule has 1 N–H and O–H groups in total. The van der Waals surface area contributed by atoms with Crippen molar-refractivity contribution < 1.29 is 9.53 Å². The SMILES string of the molecule is COCc1cc(N2CCN(C)CC2)nc(SCc2cccc(C(=O)NC(C)c3ccccc3)c2)n1. The van der Waals surface area contributed by atoms with Gasteiger partial charge in [-0.3, -0.25) is 4.79 Å². The van der Waals surface area contributed by atoms with Gasteiger partial charge in [0.15, 0.2) is 5.16 Å². The van der Waals surface area contributed by atoms with E-state index in [0.29, 0.717) is 17.9 Å². The highest BCUT2D eigenvalue weighted by atomic mass is 32.2. The number of nitrogens with zero attached hydrogens (tertiary/aromatic N) is 4. The van der Waals surface area contributed by atoms with E-state index in [4.69, 9.17) is 9.72 Å². The Morgan fingerprint density at radius 3 is 2.57 bits per heavy atom. The van der Waals surface area contributed by atoms with Gasteiger partial charge in [0.2, 0.25) is 0 Å². The van der Waals surface area contributed by atoms with Crippen molar-refractivity contribution in [3.63, 3.8) is 0 Å². The van der Waals surface area contributed by atoms with Gasteiger partial charge in [-0.1, -0.05) is 54.2 Å². The van der Waals surface area contributed by atoms with Crippen molar-refractivity contribution in [2.24, 2.45) is 0 Å². The first kappa shape index (κ1) is 25.2. The summed E-state index contributed by atoms with van der Waals surface area (Å²) in [6.45, 7) is 6.38. The van der Waals surface area contributed by atoms with Crippen LogP contribution < -0.4 is 10.2 Å². The first-order valence-electron chi connectivity index (χ1n) is 11.9. The molecule has 3 aromatic rings. The van der Waals surface area contributed by atoms with Crippen molar-refractivity contribution in [2.45, 2.75) is 30.5 Å². The Morgan fingerprint density at radius 2 is 1.83 bits per heavy atom. The smallest absolute Gasteiger partial charge is 0.251 e. The van der Waals surface area contributed by atoms with Gasteiger partial charge >= 0.3 is 0 Å². The zero-order chi connectivity index (χ0) is 24.6. The van der Waals surface area contributed by atoms with Gasteiger partial charge in [0.05, 0.1) is 18.3 Å². The maximum absolute atomic E-state index is 12.8. The fourth-order valence-corrected chi connectivity index (χ4v) is 4.81. The summed E-state index contributed by atoms with van der Waals surface area (Å²) in [7, 11) is 3.82. The average Bonchev–Trinajstić information content (AvgIpc) is 2.88. The van der Waals surface area contributed by atoms with Crippen LogP contribution in [0.1, 0.15) is 40.1 Å². The first-order valence-corrected chi connectivity index (χ1v) is 12.9. The number of carbonyl (C=O) groups is 1. The molecule has 1 aliphatic rings. The van der Waals surface area contributed by atoms with E-state index in [9.17, 15) is 4.79 Å². The minimum Gasteiger partial charge on any atom is -0.378 e. The molecule has 7 nitrogen and oxygen atoms in total. The molecule has 0 spiro atoms. The number of hydrogen-bond acceptors (Lipinski definition) is 7. The second kappa shape index (κ2) is 12.2. The average molecular weight is 492 g/mol. The van der Waals surface area contributed by atoms with Crippen molar-refractivity contribution in [1.29, 1.82) is 0 Å². The van der Waals surface area contributed by atoms with Gasteiger partial charge in [0.1, 0.15) is 5.82 Å². The Kier molecular flexibility index (Phi) is 8.74. The van der Waals surface area contributed by atoms with E-state index < -0.39 is 0 Å². The molecule has 8 heteroatoms. The third-order valence-corrected chi connectivity index (χ3v) is 6.99. The molecule has 184 valence electrons. The predicted molar refractivity (Wildman–Crippen MR) is 141 cm³/mol. The van der Waals surface area contributed by atoms with Crippen LogP contribution in [0.2, 0.25) is 0 Å². The summed E-state index contributed by atoms with van der Waals surface area (Å²) < 4.78 is 5.34. The van der Waals surface area contributed by atoms with Gasteiger partial charge in [-0.2, -0.15) is 0 Å². The van der Waals surface area contributed by atoms with E-state index in [1.54, 1.807) is 18.9 Å². The summed E-state index contributed by atoms with van der Waals surface area (Å²) in [4.78, 5) is 27.0. The summed E-state index contributed by atoms with van der Waals surface area (Å²) in [6, 6.07) is 19.7. The summed E-state index contributed by atoms with van der Waals surface area (Å²) >= 11 is 1.58. The lowest BCUT2D eigenvalue weighted by molar-refractivity contribution is 0.0940. The lowest BCUT2D eigenvalue weighted by Crippen LogP contribution is -2.44. The van der Waals surface area contributed by atoms with Gasteiger partial charge in [0.25, 0.3) is 5.91 Å². The Labute approximate surface area is 211 Å². The highest BCUT2D eigenvalue weighted by Crippen LogP contribution is 2.24. The fourth-order valence-electron chi connectivity index (χ4n) is 4.00. The lowest BCUT2D eigenvalue weighted by Gasteiger charge is -2.33. The molecule has 1 atom stereocenters. The molecule has 0 aliphatic carbocycles. The summed E-state index contributed by atoms with van der Waals surface area (Å²) in [6.07, 6.45) is 0. The normalized spacial score (nSPS) is 15.1. The van der Waals surface area contributed by atoms with Crippen molar-refractivity contribution in [2.75, 3.05) is 45.2 Å². The molecule has 1 amide bonds. The standard InChI is InChI=1S/C27H33N5O2S/c1-20(22-9-5-4-6-10-22)28-26(33)23-11-7-8-21(16-23)19-35-27-29-24(18-34-3)17-25(30-27)32-14-12-31(2)13-15-32/h4-11,16-17,20H,12-15,18-19H2,1-3H3,(H,28,33). The van der Waals surface area contributed by atoms with Crippen LogP contribution in [0.15, 0.2) is 65.8 Å². The Balaban J connectivity index is 1.42. The van der Waals surface area contributed by atoms with Crippen LogP contribution in [0.25, 0.3) is 0 Å². The number of aromatic nitrogens is 2. The van der Waals surface area contributed by atoms with Crippen LogP contribution >= 0.6 is 11.8 Å². The van der Waals surface area contributed by atoms with Gasteiger partial charge in [-0.15, -0.1) is 0 Å². The maximum Gasteiger partial charge on any atom is 0.251 e. The molecule has 1 aromatic heterocycles. The third kappa shape index (κ3) is 7.04. The van der Waals surface area contributed by atoms with E-state index in [2.05, 4.69) is 27.1 Å². The van der Waals surface area contributed by atoms with Gasteiger partial charge in [0, 0.05) is 50.7 Å². The molecule has 0 saturated carbocycles. The van der Waals surface area contributed by atoms with Crippen LogP contribution in [0.5, 0.6) is 0 Å². The van der Waals surface area contributed by atoms with Gasteiger partial charge in [-0.05, 0) is 37.2 Å². The highest BCUT2D eigenvalue weighted by molar-refractivity contribution is 7.98. The van der Waals surface area contributed by atoms with Crippen molar-refractivity contribution in [3.05, 3.63) is 83.0 Å². The molecule has 4 rings (SSSR count). The number of methoxy groups -OCH3 is 1. The van der Waals surface area contributed by atoms with Crippen LogP contribution in [-0.2, 0) is 17.1 Å². The van der Waals surface area contributed by atoms with Crippen LogP contribution in [0, 0.1) is 0 Å². The maximum atomic E-state index is 12.8. The second-order valence-corrected chi connectivity index (χ2v) is 9.76. The van der Waals surface area contributed by atoms with Crippen molar-refractivity contribution >= 4 is 23.5 Å². The molecular weight excluding hydrogens is 458 g/mol. The zero-order valence-electron chi connectivity index (χ0n) is 20.6. The van der Waals surface area contributed by atoms with Gasteiger partial charge < -0.3 is 19.9 Å². The van der Waals surface area contributed by atoms with Crippen LogP contribution in [0.3, 0.4) is 0 Å². The van der Waals surface area contributed by atoms with Gasteiger partial charge in [-0.25, -0.2) is 9.97 Å². The molecule has 2 heterocycles. The molecule has 0 radical (unpaired) electrons. The second-order valence-electron chi connectivity index (χ2n) is 8.82. The number of nitrogens with one attached hydrogen (secondary N) is 1. The molecule has 1 saturated heterocycles. The number of carbonyl (C=O) groups excluding carboxylic acids is 1. The quantitative estimate of drug-likeness (QED) is 0.356. The number of rotatable bonds is 9. The molecular formula is C27H33N5O2S. The predicted octanol–water partition coefficient (Wildman–Crippen LogP) is 4.16. The summed E-state index contributed by atoms with van der Waals surface area (Å²) in [5.74, 6) is 1.54. The van der Waals surface area contributed by atoms with Crippen LogP contribution in [-0.4, -0.2) is 61.1 Å². The lowest BCUT2D eigenvalue weighted by atomic mass is 10.1. The van der Waals surface area contributed by atoms with Crippen LogP contribution in [0.4, 0.5) is 5.82 Å². The van der Waals surface area contributed by atoms with E-state index in [1.807, 2.05) is 67.6 Å². The Morgan fingerprint density at radius 1 is 1.06 bits per heavy atom. The third-order valence-electron chi connectivity index (χ3n) is 6.07. The molecule has 1 fully saturated rings. The molecule has 0 bridgehead atoms. The number of thioether (sulfide) groups is 1. The van der Waals surface area contributed by atoms with E-state index in [-0.39, 0.29) is 11.9 Å². The summed E-state index contributed by atoms with van der Waals surface area (Å²) in [5, 5.41) is 3.81. The molecule has 1 unspecified atom stereocenters. The number of hydrogen-bond donors (Lipinski definition) is 1. The topological polar surface area (TPSA) is 70.6 Å². The number of amides is 1. The molecule has 35 heavy (non-hydrogen) atoms. The van der Waals surface area contributed by atoms with Crippen molar-refractivity contribution in [3.8, 4) is 0 Å². The zero-order valence-corrected chi connectivity index (χ0v) is 21.4. The number of likely N-dealkylation sites (N-methyl/N-ethyl adjacent to an activating group) is 1. The first-order chi connectivity index (χ1) is 17.0. The molecule has 1 aliphatic heterocycles. The number of ether oxygens (including phenoxy) is 1. The number of anilines is 1. The molecule has 2 aromatic carbocycles. The monoisotopic (exact) mass is 491 g/mol. The largest absolute Gasteiger partial charge is 0.378 e. The fraction of sp³-hybridized carbons (Fsp3) is 0.370. The van der Waals surface area contributed by atoms with E-state index >= 15 is 0 Å². The highest BCUT2D eigenvalue weighted by Gasteiger charge is 2.18. The van der Waals surface area contributed by atoms with E-state index in [1.165, 1.54) is 0 Å². The Bertz CT molecular complexity index is 1120. The number of piperazine rings is 1. The minimum atomic E-state index is -0.0797. The number of benzene rings is 2. The van der Waals surface area contributed by atoms with E-state index in [0.717, 1.165) is 54.0 Å². The van der Waals surface area contributed by atoms with Crippen molar-refractivity contribution in [1.82, 2.24) is 20.2 Å². The Hall–Kier alpha value is -2.94. The minimum absolute atomic E-state index is 0.0633.